The summed E-state index contributed by atoms with van der Waals surface area (Å²) in [5.41, 5.74) is 5.69. The summed E-state index contributed by atoms with van der Waals surface area (Å²) in [6.07, 6.45) is 0. The van der Waals surface area contributed by atoms with E-state index in [0.29, 0.717) is 5.11 Å². The second-order valence-corrected chi connectivity index (χ2v) is 6.18. The Hall–Kier alpha value is -1.39. The summed E-state index contributed by atoms with van der Waals surface area (Å²) in [6.45, 7) is 6.28. The maximum atomic E-state index is 5.37. The van der Waals surface area contributed by atoms with Crippen LogP contribution in [0, 0.1) is 20.8 Å². The van der Waals surface area contributed by atoms with Crippen LogP contribution in [0.15, 0.2) is 40.9 Å². The third-order valence-electron chi connectivity index (χ3n) is 3.02. The Kier molecular flexibility index (Phi) is 4.78. The van der Waals surface area contributed by atoms with Crippen molar-refractivity contribution in [3.63, 3.8) is 0 Å². The molecule has 0 atom stereocenters. The van der Waals surface area contributed by atoms with E-state index >= 15 is 0 Å². The molecule has 0 spiro atoms. The fraction of sp³-hybridized carbons (Fsp3) is 0.188. The van der Waals surface area contributed by atoms with Gasteiger partial charge in [-0.15, -0.1) is 0 Å². The molecule has 0 unspecified atom stereocenters. The number of rotatable bonds is 2. The molecule has 0 fully saturated rings. The number of hydrogen-bond donors (Lipinski definition) is 2. The summed E-state index contributed by atoms with van der Waals surface area (Å²) in [4.78, 5) is 0. The van der Waals surface area contributed by atoms with E-state index in [9.17, 15) is 0 Å². The molecule has 4 heteroatoms. The molecule has 2 N–H and O–H groups in total. The maximum Gasteiger partial charge on any atom is 0.175 e. The van der Waals surface area contributed by atoms with Crippen molar-refractivity contribution in [2.45, 2.75) is 20.8 Å². The molecule has 0 saturated heterocycles. The Labute approximate surface area is 133 Å². The number of nitrogens with one attached hydrogen (secondary N) is 2. The Morgan fingerprint density at radius 2 is 1.50 bits per heavy atom. The van der Waals surface area contributed by atoms with Gasteiger partial charge in [0.25, 0.3) is 0 Å². The van der Waals surface area contributed by atoms with Gasteiger partial charge < -0.3 is 10.6 Å². The molecule has 0 radical (unpaired) electrons. The van der Waals surface area contributed by atoms with Gasteiger partial charge in [-0.2, -0.15) is 0 Å². The van der Waals surface area contributed by atoms with E-state index < -0.39 is 0 Å². The summed E-state index contributed by atoms with van der Waals surface area (Å²) >= 11 is 8.78. The molecule has 2 nitrogen and oxygen atoms in total. The summed E-state index contributed by atoms with van der Waals surface area (Å²) in [5, 5.41) is 7.06. The zero-order chi connectivity index (χ0) is 14.7. The molecule has 0 aromatic heterocycles. The summed E-state index contributed by atoms with van der Waals surface area (Å²) in [7, 11) is 0. The van der Waals surface area contributed by atoms with Gasteiger partial charge in [0.15, 0.2) is 5.11 Å². The quantitative estimate of drug-likeness (QED) is 0.730. The molecular weight excluding hydrogens is 332 g/mol. The highest BCUT2D eigenvalue weighted by Crippen LogP contribution is 2.22. The fourth-order valence-electron chi connectivity index (χ4n) is 2.19. The summed E-state index contributed by atoms with van der Waals surface area (Å²) in [5.74, 6) is 0. The molecule has 0 amide bonds. The fourth-order valence-corrected chi connectivity index (χ4v) is 2.67. The van der Waals surface area contributed by atoms with Gasteiger partial charge in [-0.3, -0.25) is 0 Å². The molecule has 0 aliphatic rings. The first kappa shape index (κ1) is 15.0. The van der Waals surface area contributed by atoms with Gasteiger partial charge in [-0.05, 0) is 68.4 Å². The highest BCUT2D eigenvalue weighted by molar-refractivity contribution is 9.10. The van der Waals surface area contributed by atoms with Crippen molar-refractivity contribution < 1.29 is 0 Å². The zero-order valence-electron chi connectivity index (χ0n) is 11.8. The third kappa shape index (κ3) is 3.81. The van der Waals surface area contributed by atoms with Crippen LogP contribution in [-0.4, -0.2) is 5.11 Å². The van der Waals surface area contributed by atoms with Crippen LogP contribution in [0.25, 0.3) is 0 Å². The van der Waals surface area contributed by atoms with Crippen molar-refractivity contribution >= 4 is 44.6 Å². The molecule has 0 bridgehead atoms. The maximum absolute atomic E-state index is 5.37. The summed E-state index contributed by atoms with van der Waals surface area (Å²) < 4.78 is 1.05. The number of anilines is 2. The standard InChI is InChI=1S/C16H17BrN2S/c1-10-8-11(2)15(12(3)9-10)19-16(20)18-14-6-4-13(17)5-7-14/h4-9H,1-3H3,(H2,18,19,20). The van der Waals surface area contributed by atoms with E-state index in [-0.39, 0.29) is 0 Å². The number of hydrogen-bond acceptors (Lipinski definition) is 1. The largest absolute Gasteiger partial charge is 0.332 e. The third-order valence-corrected chi connectivity index (χ3v) is 3.75. The number of benzene rings is 2. The van der Waals surface area contributed by atoms with Crippen LogP contribution < -0.4 is 10.6 Å². The first-order valence-electron chi connectivity index (χ1n) is 6.37. The Morgan fingerprint density at radius 1 is 0.950 bits per heavy atom. The smallest absolute Gasteiger partial charge is 0.175 e. The van der Waals surface area contributed by atoms with Crippen molar-refractivity contribution in [2.75, 3.05) is 10.6 Å². The van der Waals surface area contributed by atoms with E-state index in [1.165, 1.54) is 16.7 Å². The second-order valence-electron chi connectivity index (χ2n) is 4.86. The molecule has 0 saturated carbocycles. The summed E-state index contributed by atoms with van der Waals surface area (Å²) in [6, 6.07) is 12.2. The van der Waals surface area contributed by atoms with E-state index in [1.54, 1.807) is 0 Å². The molecule has 0 aliphatic heterocycles. The average Bonchev–Trinajstić information content (AvgIpc) is 2.36. The van der Waals surface area contributed by atoms with Gasteiger partial charge in [0.1, 0.15) is 0 Å². The molecular formula is C16H17BrN2S. The molecule has 2 rings (SSSR count). The van der Waals surface area contributed by atoms with Crippen molar-refractivity contribution in [2.24, 2.45) is 0 Å². The lowest BCUT2D eigenvalue weighted by Crippen LogP contribution is -2.20. The van der Waals surface area contributed by atoms with Gasteiger partial charge in [0.05, 0.1) is 0 Å². The van der Waals surface area contributed by atoms with Crippen LogP contribution >= 0.6 is 28.1 Å². The molecule has 20 heavy (non-hydrogen) atoms. The molecule has 0 aliphatic carbocycles. The van der Waals surface area contributed by atoms with Crippen LogP contribution in [-0.2, 0) is 0 Å². The minimum absolute atomic E-state index is 0.599. The SMILES string of the molecule is Cc1cc(C)c(NC(=S)Nc2ccc(Br)cc2)c(C)c1. The number of thiocarbonyl (C=S) groups is 1. The number of halogens is 1. The van der Waals surface area contributed by atoms with Crippen molar-refractivity contribution in [1.82, 2.24) is 0 Å². The van der Waals surface area contributed by atoms with Gasteiger partial charge >= 0.3 is 0 Å². The molecule has 104 valence electrons. The molecule has 0 heterocycles. The number of aryl methyl sites for hydroxylation is 3. The zero-order valence-corrected chi connectivity index (χ0v) is 14.2. The lowest BCUT2D eigenvalue weighted by Gasteiger charge is -2.15. The van der Waals surface area contributed by atoms with Crippen LogP contribution in [0.5, 0.6) is 0 Å². The van der Waals surface area contributed by atoms with Crippen LogP contribution in [0.2, 0.25) is 0 Å². The van der Waals surface area contributed by atoms with Crippen molar-refractivity contribution in [3.05, 3.63) is 57.6 Å². The van der Waals surface area contributed by atoms with Gasteiger partial charge in [0.2, 0.25) is 0 Å². The van der Waals surface area contributed by atoms with Gasteiger partial charge in [0, 0.05) is 15.8 Å². The average molecular weight is 349 g/mol. The minimum Gasteiger partial charge on any atom is -0.332 e. The first-order valence-corrected chi connectivity index (χ1v) is 7.57. The first-order chi connectivity index (χ1) is 9.45. The van der Waals surface area contributed by atoms with E-state index in [4.69, 9.17) is 12.2 Å². The highest BCUT2D eigenvalue weighted by Gasteiger charge is 2.06. The van der Waals surface area contributed by atoms with Gasteiger partial charge in [-0.25, -0.2) is 0 Å². The molecule has 2 aromatic carbocycles. The topological polar surface area (TPSA) is 24.1 Å². The predicted octanol–water partition coefficient (Wildman–Crippen LogP) is 5.18. The second kappa shape index (κ2) is 6.37. The highest BCUT2D eigenvalue weighted by atomic mass is 79.9. The normalized spacial score (nSPS) is 10.2. The Bertz CT molecular complexity index is 612. The van der Waals surface area contributed by atoms with Crippen molar-refractivity contribution in [1.29, 1.82) is 0 Å². The van der Waals surface area contributed by atoms with Crippen LogP contribution in [0.3, 0.4) is 0 Å². The van der Waals surface area contributed by atoms with E-state index in [0.717, 1.165) is 15.8 Å². The Balaban J connectivity index is 2.10. The van der Waals surface area contributed by atoms with E-state index in [2.05, 4.69) is 59.5 Å². The lowest BCUT2D eigenvalue weighted by molar-refractivity contribution is 1.32. The van der Waals surface area contributed by atoms with Crippen LogP contribution in [0.4, 0.5) is 11.4 Å². The lowest BCUT2D eigenvalue weighted by atomic mass is 10.1. The monoisotopic (exact) mass is 348 g/mol. The van der Waals surface area contributed by atoms with Gasteiger partial charge in [-0.1, -0.05) is 33.6 Å². The molecule has 2 aromatic rings. The van der Waals surface area contributed by atoms with Crippen molar-refractivity contribution in [3.8, 4) is 0 Å². The van der Waals surface area contributed by atoms with Crippen LogP contribution in [0.1, 0.15) is 16.7 Å². The minimum atomic E-state index is 0.599. The predicted molar refractivity (Wildman–Crippen MR) is 94.6 cm³/mol. The van der Waals surface area contributed by atoms with E-state index in [1.807, 2.05) is 24.3 Å². The Morgan fingerprint density at radius 3 is 2.05 bits per heavy atom.